The van der Waals surface area contributed by atoms with Gasteiger partial charge in [0.05, 0.1) is 13.0 Å². The molecule has 1 amide bonds. The van der Waals surface area contributed by atoms with E-state index >= 15 is 0 Å². The monoisotopic (exact) mass is 238 g/mol. The smallest absolute Gasteiger partial charge is 0.231 e. The molecule has 0 fully saturated rings. The van der Waals surface area contributed by atoms with Gasteiger partial charge in [-0.15, -0.1) is 0 Å². The Morgan fingerprint density at radius 3 is 2.56 bits per heavy atom. The summed E-state index contributed by atoms with van der Waals surface area (Å²) in [7, 11) is 0. The van der Waals surface area contributed by atoms with Gasteiger partial charge in [-0.2, -0.15) is 0 Å². The molecule has 2 aromatic carbocycles. The van der Waals surface area contributed by atoms with Crippen LogP contribution in [0, 0.1) is 0 Å². The van der Waals surface area contributed by atoms with Crippen LogP contribution in [0.2, 0.25) is 0 Å². The zero-order valence-electron chi connectivity index (χ0n) is 9.97. The van der Waals surface area contributed by atoms with Gasteiger partial charge in [-0.1, -0.05) is 30.3 Å². The largest absolute Gasteiger partial charge is 0.399 e. The Morgan fingerprint density at radius 1 is 1.06 bits per heavy atom. The fraction of sp³-hybridized carbons (Fsp3) is 0.133. The number of amides is 1. The van der Waals surface area contributed by atoms with Gasteiger partial charge in [-0.05, 0) is 29.3 Å². The van der Waals surface area contributed by atoms with E-state index in [-0.39, 0.29) is 5.91 Å². The molecule has 3 rings (SSSR count). The minimum Gasteiger partial charge on any atom is -0.399 e. The molecule has 0 atom stereocenters. The van der Waals surface area contributed by atoms with Crippen LogP contribution < -0.4 is 10.6 Å². The second kappa shape index (κ2) is 4.18. The lowest BCUT2D eigenvalue weighted by atomic mass is 10.1. The average Bonchev–Trinajstić information content (AvgIpc) is 2.69. The Hall–Kier alpha value is -2.29. The van der Waals surface area contributed by atoms with E-state index in [2.05, 4.69) is 0 Å². The maximum absolute atomic E-state index is 12.0. The van der Waals surface area contributed by atoms with Crippen molar-refractivity contribution in [1.82, 2.24) is 0 Å². The summed E-state index contributed by atoms with van der Waals surface area (Å²) in [6, 6.07) is 15.6. The van der Waals surface area contributed by atoms with Gasteiger partial charge in [-0.25, -0.2) is 0 Å². The molecular weight excluding hydrogens is 224 g/mol. The first kappa shape index (κ1) is 10.8. The maximum Gasteiger partial charge on any atom is 0.231 e. The van der Waals surface area contributed by atoms with E-state index in [4.69, 9.17) is 5.73 Å². The van der Waals surface area contributed by atoms with Crippen LogP contribution in [-0.2, 0) is 17.8 Å². The fourth-order valence-electron chi connectivity index (χ4n) is 2.30. The molecule has 0 aromatic heterocycles. The molecule has 0 spiro atoms. The Labute approximate surface area is 106 Å². The SMILES string of the molecule is Nc1ccc(CN2C(=O)Cc3ccccc32)cc1. The van der Waals surface area contributed by atoms with Crippen LogP contribution >= 0.6 is 0 Å². The molecule has 0 saturated carbocycles. The van der Waals surface area contributed by atoms with E-state index < -0.39 is 0 Å². The Morgan fingerprint density at radius 2 is 1.78 bits per heavy atom. The zero-order chi connectivity index (χ0) is 12.5. The minimum atomic E-state index is 0.160. The summed E-state index contributed by atoms with van der Waals surface area (Å²) in [5, 5.41) is 0. The predicted octanol–water partition coefficient (Wildman–Crippen LogP) is 2.36. The molecule has 0 aliphatic carbocycles. The summed E-state index contributed by atoms with van der Waals surface area (Å²) < 4.78 is 0. The molecule has 2 aromatic rings. The van der Waals surface area contributed by atoms with Crippen molar-refractivity contribution in [3.8, 4) is 0 Å². The summed E-state index contributed by atoms with van der Waals surface area (Å²) in [5.74, 6) is 0.160. The van der Waals surface area contributed by atoms with Crippen LogP contribution in [0.3, 0.4) is 0 Å². The third-order valence-electron chi connectivity index (χ3n) is 3.25. The van der Waals surface area contributed by atoms with Crippen LogP contribution in [0.15, 0.2) is 48.5 Å². The van der Waals surface area contributed by atoms with Crippen LogP contribution in [0.1, 0.15) is 11.1 Å². The number of nitrogens with zero attached hydrogens (tertiary/aromatic N) is 1. The number of nitrogens with two attached hydrogens (primary N) is 1. The van der Waals surface area contributed by atoms with Crippen molar-refractivity contribution in [3.63, 3.8) is 0 Å². The van der Waals surface area contributed by atoms with Gasteiger partial charge in [0, 0.05) is 11.4 Å². The molecular formula is C15H14N2O. The molecule has 1 heterocycles. The van der Waals surface area contributed by atoms with E-state index in [1.54, 1.807) is 0 Å². The van der Waals surface area contributed by atoms with Gasteiger partial charge < -0.3 is 10.6 Å². The summed E-state index contributed by atoms with van der Waals surface area (Å²) >= 11 is 0. The lowest BCUT2D eigenvalue weighted by Crippen LogP contribution is -2.25. The third-order valence-corrected chi connectivity index (χ3v) is 3.25. The number of rotatable bonds is 2. The van der Waals surface area contributed by atoms with E-state index in [9.17, 15) is 4.79 Å². The number of carbonyl (C=O) groups is 1. The Balaban J connectivity index is 1.89. The van der Waals surface area contributed by atoms with Crippen LogP contribution in [0.25, 0.3) is 0 Å². The van der Waals surface area contributed by atoms with Gasteiger partial charge in [0.25, 0.3) is 0 Å². The van der Waals surface area contributed by atoms with Crippen molar-refractivity contribution in [2.75, 3.05) is 10.6 Å². The molecule has 0 unspecified atom stereocenters. The van der Waals surface area contributed by atoms with Gasteiger partial charge in [0.15, 0.2) is 0 Å². The number of anilines is 2. The first-order valence-electron chi connectivity index (χ1n) is 5.97. The maximum atomic E-state index is 12.0. The third kappa shape index (κ3) is 1.84. The number of hydrogen-bond donors (Lipinski definition) is 1. The predicted molar refractivity (Wildman–Crippen MR) is 72.2 cm³/mol. The van der Waals surface area contributed by atoms with E-state index in [1.165, 1.54) is 0 Å². The summed E-state index contributed by atoms with van der Waals surface area (Å²) in [4.78, 5) is 13.8. The number of carbonyl (C=O) groups excluding carboxylic acids is 1. The number of benzene rings is 2. The van der Waals surface area contributed by atoms with Crippen molar-refractivity contribution >= 4 is 17.3 Å². The highest BCUT2D eigenvalue weighted by Gasteiger charge is 2.26. The standard InChI is InChI=1S/C15H14N2O/c16-13-7-5-11(6-8-13)10-17-14-4-2-1-3-12(14)9-15(17)18/h1-8H,9-10,16H2. The van der Waals surface area contributed by atoms with Gasteiger partial charge >= 0.3 is 0 Å². The quantitative estimate of drug-likeness (QED) is 0.816. The number of hydrogen-bond acceptors (Lipinski definition) is 2. The van der Waals surface area contributed by atoms with Crippen molar-refractivity contribution < 1.29 is 4.79 Å². The molecule has 3 heteroatoms. The van der Waals surface area contributed by atoms with Crippen molar-refractivity contribution in [2.24, 2.45) is 0 Å². The first-order valence-corrected chi connectivity index (χ1v) is 5.97. The summed E-state index contributed by atoms with van der Waals surface area (Å²) in [6.45, 7) is 0.607. The molecule has 1 aliphatic heterocycles. The minimum absolute atomic E-state index is 0.160. The molecule has 90 valence electrons. The van der Waals surface area contributed by atoms with Crippen LogP contribution in [0.4, 0.5) is 11.4 Å². The van der Waals surface area contributed by atoms with Gasteiger partial charge in [-0.3, -0.25) is 4.79 Å². The second-order valence-electron chi connectivity index (χ2n) is 4.53. The first-order chi connectivity index (χ1) is 8.74. The fourth-order valence-corrected chi connectivity index (χ4v) is 2.30. The Kier molecular flexibility index (Phi) is 2.52. The molecule has 3 nitrogen and oxygen atoms in total. The molecule has 1 aliphatic rings. The lowest BCUT2D eigenvalue weighted by molar-refractivity contribution is -0.117. The summed E-state index contributed by atoms with van der Waals surface area (Å²) in [6.07, 6.45) is 0.505. The van der Waals surface area contributed by atoms with E-state index in [1.807, 2.05) is 53.4 Å². The van der Waals surface area contributed by atoms with Crippen molar-refractivity contribution in [1.29, 1.82) is 0 Å². The number of fused-ring (bicyclic) bond motifs is 1. The number of para-hydroxylation sites is 1. The average molecular weight is 238 g/mol. The highest BCUT2D eigenvalue weighted by molar-refractivity contribution is 6.01. The zero-order valence-corrected chi connectivity index (χ0v) is 9.97. The normalized spacial score (nSPS) is 13.8. The van der Waals surface area contributed by atoms with Crippen LogP contribution in [-0.4, -0.2) is 5.91 Å². The Bertz CT molecular complexity index is 590. The molecule has 0 radical (unpaired) electrons. The van der Waals surface area contributed by atoms with Crippen molar-refractivity contribution in [2.45, 2.75) is 13.0 Å². The van der Waals surface area contributed by atoms with Gasteiger partial charge in [0.2, 0.25) is 5.91 Å². The summed E-state index contributed by atoms with van der Waals surface area (Å²) in [5.41, 5.74) is 9.63. The molecule has 0 saturated heterocycles. The lowest BCUT2D eigenvalue weighted by Gasteiger charge is -2.17. The number of nitrogen functional groups attached to an aromatic ring is 1. The van der Waals surface area contributed by atoms with Crippen molar-refractivity contribution in [3.05, 3.63) is 59.7 Å². The van der Waals surface area contributed by atoms with Gasteiger partial charge in [0.1, 0.15) is 0 Å². The van der Waals surface area contributed by atoms with E-state index in [0.717, 1.165) is 22.5 Å². The second-order valence-corrected chi connectivity index (χ2v) is 4.53. The van der Waals surface area contributed by atoms with E-state index in [0.29, 0.717) is 13.0 Å². The highest BCUT2D eigenvalue weighted by Crippen LogP contribution is 2.29. The molecule has 0 bridgehead atoms. The molecule has 2 N–H and O–H groups in total. The van der Waals surface area contributed by atoms with Crippen LogP contribution in [0.5, 0.6) is 0 Å². The highest BCUT2D eigenvalue weighted by atomic mass is 16.2. The molecule has 18 heavy (non-hydrogen) atoms. The topological polar surface area (TPSA) is 46.3 Å².